The highest BCUT2D eigenvalue weighted by molar-refractivity contribution is 5.58. The fraction of sp³-hybridized carbons (Fsp3) is 0.750. The Balaban J connectivity index is 4.22. The van der Waals surface area contributed by atoms with Crippen LogP contribution < -0.4 is 0 Å². The van der Waals surface area contributed by atoms with Gasteiger partial charge in [-0.05, 0) is 82.7 Å². The highest BCUT2D eigenvalue weighted by Crippen LogP contribution is 2.47. The molecule has 0 bridgehead atoms. The second-order valence-corrected chi connectivity index (χ2v) is 9.93. The second kappa shape index (κ2) is 6.85. The van der Waals surface area contributed by atoms with Crippen LogP contribution in [0.2, 0.25) is 0 Å². The molecule has 0 aliphatic heterocycles. The molecule has 1 aromatic carbocycles. The van der Waals surface area contributed by atoms with Crippen LogP contribution in [0.3, 0.4) is 0 Å². The third-order valence-corrected chi connectivity index (χ3v) is 6.42. The molecule has 138 valence electrons. The van der Waals surface area contributed by atoms with Crippen LogP contribution in [0.4, 0.5) is 0 Å². The molecular formula is C24H42. The number of hydrogen-bond donors (Lipinski definition) is 0. The van der Waals surface area contributed by atoms with Crippen LogP contribution in [0.1, 0.15) is 115 Å². The molecule has 0 saturated carbocycles. The van der Waals surface area contributed by atoms with E-state index >= 15 is 0 Å². The summed E-state index contributed by atoms with van der Waals surface area (Å²) in [6.07, 6.45) is 3.47. The van der Waals surface area contributed by atoms with Gasteiger partial charge in [0.25, 0.3) is 0 Å². The molecule has 0 aromatic heterocycles. The van der Waals surface area contributed by atoms with Crippen molar-refractivity contribution in [1.82, 2.24) is 0 Å². The molecule has 0 fully saturated rings. The van der Waals surface area contributed by atoms with Crippen molar-refractivity contribution in [2.24, 2.45) is 0 Å². The first-order valence-corrected chi connectivity index (χ1v) is 9.93. The summed E-state index contributed by atoms with van der Waals surface area (Å²) in [5.41, 5.74) is 10.1. The molecule has 0 unspecified atom stereocenters. The molecule has 24 heavy (non-hydrogen) atoms. The lowest BCUT2D eigenvalue weighted by molar-refractivity contribution is 0.435. The molecule has 0 N–H and O–H groups in total. The van der Waals surface area contributed by atoms with Crippen LogP contribution in [-0.2, 0) is 22.7 Å². The maximum Gasteiger partial charge on any atom is -0.0100 e. The van der Waals surface area contributed by atoms with Crippen LogP contribution in [0.15, 0.2) is 0 Å². The van der Waals surface area contributed by atoms with E-state index in [0.717, 1.165) is 6.42 Å². The zero-order chi connectivity index (χ0) is 19.1. The topological polar surface area (TPSA) is 0 Å². The zero-order valence-electron chi connectivity index (χ0n) is 18.6. The van der Waals surface area contributed by atoms with E-state index < -0.39 is 0 Å². The van der Waals surface area contributed by atoms with Crippen molar-refractivity contribution in [2.75, 3.05) is 0 Å². The van der Waals surface area contributed by atoms with Crippen molar-refractivity contribution >= 4 is 0 Å². The van der Waals surface area contributed by atoms with E-state index in [1.165, 1.54) is 24.0 Å². The predicted octanol–water partition coefficient (Wildman–Crippen LogP) is 7.54. The quantitative estimate of drug-likeness (QED) is 0.523. The van der Waals surface area contributed by atoms with Gasteiger partial charge in [-0.1, -0.05) is 69.2 Å². The molecular weight excluding hydrogens is 288 g/mol. The maximum atomic E-state index is 2.45. The van der Waals surface area contributed by atoms with Crippen molar-refractivity contribution in [3.05, 3.63) is 33.4 Å². The molecule has 0 saturated heterocycles. The van der Waals surface area contributed by atoms with Gasteiger partial charge < -0.3 is 0 Å². The minimum Gasteiger partial charge on any atom is -0.0646 e. The maximum absolute atomic E-state index is 2.45. The van der Waals surface area contributed by atoms with Crippen molar-refractivity contribution in [2.45, 2.75) is 119 Å². The monoisotopic (exact) mass is 330 g/mol. The Morgan fingerprint density at radius 2 is 1.00 bits per heavy atom. The molecule has 0 heterocycles. The summed E-state index contributed by atoms with van der Waals surface area (Å²) in [7, 11) is 0. The molecule has 0 nitrogen and oxygen atoms in total. The number of hydrogen-bond acceptors (Lipinski definition) is 0. The summed E-state index contributed by atoms with van der Waals surface area (Å²) >= 11 is 0. The minimum atomic E-state index is 0.171. The number of rotatable bonds is 5. The zero-order valence-corrected chi connectivity index (χ0v) is 18.6. The van der Waals surface area contributed by atoms with E-state index in [1.54, 1.807) is 22.3 Å². The van der Waals surface area contributed by atoms with Crippen LogP contribution >= 0.6 is 0 Å². The van der Waals surface area contributed by atoms with Crippen molar-refractivity contribution in [3.8, 4) is 0 Å². The molecule has 0 aliphatic rings. The van der Waals surface area contributed by atoms with Crippen molar-refractivity contribution in [3.63, 3.8) is 0 Å². The van der Waals surface area contributed by atoms with Crippen LogP contribution in [0, 0.1) is 13.8 Å². The highest BCUT2D eigenvalue weighted by atomic mass is 14.4. The van der Waals surface area contributed by atoms with Crippen LogP contribution in [0.5, 0.6) is 0 Å². The van der Waals surface area contributed by atoms with E-state index in [9.17, 15) is 0 Å². The van der Waals surface area contributed by atoms with E-state index in [0.29, 0.717) is 0 Å². The van der Waals surface area contributed by atoms with E-state index in [2.05, 4.69) is 83.1 Å². The van der Waals surface area contributed by atoms with Gasteiger partial charge in [-0.25, -0.2) is 0 Å². The average molecular weight is 331 g/mol. The smallest absolute Gasteiger partial charge is 0.0100 e. The Kier molecular flexibility index (Phi) is 6.07. The Labute approximate surface area is 152 Å². The fourth-order valence-electron chi connectivity index (χ4n) is 4.21. The minimum absolute atomic E-state index is 0.171. The molecule has 1 aromatic rings. The molecule has 0 spiro atoms. The van der Waals surface area contributed by atoms with Crippen molar-refractivity contribution in [1.29, 1.82) is 0 Å². The van der Waals surface area contributed by atoms with Gasteiger partial charge in [0.15, 0.2) is 0 Å². The Morgan fingerprint density at radius 1 is 0.583 bits per heavy atom. The summed E-state index contributed by atoms with van der Waals surface area (Å²) < 4.78 is 0. The first-order valence-electron chi connectivity index (χ1n) is 9.93. The van der Waals surface area contributed by atoms with Gasteiger partial charge in [-0.2, -0.15) is 0 Å². The lowest BCUT2D eigenvalue weighted by atomic mass is 9.62. The molecule has 1 rings (SSSR count). The molecule has 0 atom stereocenters. The van der Waals surface area contributed by atoms with Gasteiger partial charge in [-0.15, -0.1) is 0 Å². The third-order valence-electron chi connectivity index (χ3n) is 6.42. The van der Waals surface area contributed by atoms with Gasteiger partial charge in [0.05, 0.1) is 0 Å². The summed E-state index contributed by atoms with van der Waals surface area (Å²) in [6.45, 7) is 28.7. The van der Waals surface area contributed by atoms with E-state index in [4.69, 9.17) is 0 Å². The highest BCUT2D eigenvalue weighted by Gasteiger charge is 2.37. The Hall–Kier alpha value is -0.780. The first-order chi connectivity index (χ1) is 10.8. The second-order valence-electron chi connectivity index (χ2n) is 9.93. The molecule has 0 amide bonds. The molecule has 0 radical (unpaired) electrons. The van der Waals surface area contributed by atoms with Crippen LogP contribution in [0.25, 0.3) is 0 Å². The summed E-state index contributed by atoms with van der Waals surface area (Å²) in [4.78, 5) is 0. The molecule has 0 heteroatoms. The fourth-order valence-corrected chi connectivity index (χ4v) is 4.21. The number of benzene rings is 1. The van der Waals surface area contributed by atoms with Crippen LogP contribution in [-0.4, -0.2) is 0 Å². The van der Waals surface area contributed by atoms with Crippen molar-refractivity contribution < 1.29 is 0 Å². The van der Waals surface area contributed by atoms with E-state index in [1.807, 2.05) is 0 Å². The Morgan fingerprint density at radius 3 is 1.33 bits per heavy atom. The van der Waals surface area contributed by atoms with Gasteiger partial charge in [0, 0.05) is 0 Å². The summed E-state index contributed by atoms with van der Waals surface area (Å²) in [6, 6.07) is 0. The lowest BCUT2D eigenvalue weighted by Gasteiger charge is -2.42. The average Bonchev–Trinajstić information content (AvgIpc) is 2.47. The normalized spacial score (nSPS) is 13.5. The third kappa shape index (κ3) is 3.58. The largest absolute Gasteiger partial charge is 0.0646 e. The Bertz CT molecular complexity index is 592. The molecule has 0 aliphatic carbocycles. The van der Waals surface area contributed by atoms with Gasteiger partial charge in [-0.3, -0.25) is 0 Å². The standard InChI is InChI=1S/C24H42/c1-13-18-16(4)17(5)19(23(9,10)14-2)21(24(11,12)15-3)20(18)22(6,7)8/h13-15H2,1-12H3. The predicted molar refractivity (Wildman–Crippen MR) is 111 cm³/mol. The van der Waals surface area contributed by atoms with Gasteiger partial charge in [0.2, 0.25) is 0 Å². The first kappa shape index (κ1) is 21.3. The van der Waals surface area contributed by atoms with E-state index in [-0.39, 0.29) is 16.2 Å². The summed E-state index contributed by atoms with van der Waals surface area (Å²) in [5.74, 6) is 0. The van der Waals surface area contributed by atoms with Gasteiger partial charge in [0.1, 0.15) is 0 Å². The summed E-state index contributed by atoms with van der Waals surface area (Å²) in [5, 5.41) is 0. The SMILES string of the molecule is CCc1c(C)c(C)c(C(C)(C)CC)c(C(C)(C)CC)c1C(C)(C)C. The lowest BCUT2D eigenvalue weighted by Crippen LogP contribution is -2.33. The van der Waals surface area contributed by atoms with Gasteiger partial charge >= 0.3 is 0 Å².